The van der Waals surface area contributed by atoms with Gasteiger partial charge < -0.3 is 29.4 Å². The summed E-state index contributed by atoms with van der Waals surface area (Å²) in [6.45, 7) is 2.66. The minimum Gasteiger partial charge on any atom is -0.408 e. The highest BCUT2D eigenvalue weighted by Gasteiger charge is 2.26. The van der Waals surface area contributed by atoms with E-state index in [4.69, 9.17) is 13.9 Å². The summed E-state index contributed by atoms with van der Waals surface area (Å²) in [4.78, 5) is 32.5. The van der Waals surface area contributed by atoms with Crippen LogP contribution in [0, 0.1) is 11.3 Å². The van der Waals surface area contributed by atoms with Crippen LogP contribution in [0.5, 0.6) is 0 Å². The molecule has 198 valence electrons. The number of nitrogens with zero attached hydrogens (tertiary/aromatic N) is 4. The van der Waals surface area contributed by atoms with E-state index in [9.17, 15) is 14.9 Å². The molecule has 3 aromatic rings. The maximum Gasteiger partial charge on any atom is 0.419 e. The molecule has 0 aliphatic carbocycles. The van der Waals surface area contributed by atoms with Crippen LogP contribution < -0.4 is 16.4 Å². The summed E-state index contributed by atoms with van der Waals surface area (Å²) < 4.78 is 18.1. The minimum absolute atomic E-state index is 0.0763. The Morgan fingerprint density at radius 3 is 3.05 bits per heavy atom. The Morgan fingerprint density at radius 2 is 2.30 bits per heavy atom. The maximum absolute atomic E-state index is 12.8. The SMILES string of the molecule is CO[C@@H]1CCNC[C@@H](C(=O)N[C@H](C#N)Cc2ncc(-c3ccc4oc(=O)n(CCN(C)C)c4c3)s2)OC1. The van der Waals surface area contributed by atoms with E-state index in [0.29, 0.717) is 31.8 Å². The van der Waals surface area contributed by atoms with E-state index in [2.05, 4.69) is 21.7 Å². The fourth-order valence-electron chi connectivity index (χ4n) is 4.05. The number of rotatable bonds is 9. The molecule has 3 atom stereocenters. The van der Waals surface area contributed by atoms with Crippen molar-refractivity contribution in [3.63, 3.8) is 0 Å². The topological polar surface area (TPSA) is 135 Å². The number of nitrogens with one attached hydrogen (secondary N) is 2. The average Bonchev–Trinajstić information content (AvgIpc) is 3.45. The molecule has 0 spiro atoms. The second-order valence-corrected chi connectivity index (χ2v) is 10.3. The third kappa shape index (κ3) is 6.82. The van der Waals surface area contributed by atoms with Gasteiger partial charge in [0.2, 0.25) is 0 Å². The molecule has 1 amide bonds. The smallest absolute Gasteiger partial charge is 0.408 e. The number of benzene rings is 1. The first-order valence-corrected chi connectivity index (χ1v) is 13.0. The van der Waals surface area contributed by atoms with Gasteiger partial charge in [-0.15, -0.1) is 11.3 Å². The Hall–Kier alpha value is -3.08. The van der Waals surface area contributed by atoms with E-state index in [1.54, 1.807) is 23.9 Å². The summed E-state index contributed by atoms with van der Waals surface area (Å²) in [6.07, 6.45) is 2.04. The number of ether oxygens (including phenoxy) is 2. The molecule has 1 fully saturated rings. The Kier molecular flexibility index (Phi) is 9.07. The Bertz CT molecular complexity index is 1310. The fraction of sp³-hybridized carbons (Fsp3) is 0.520. The van der Waals surface area contributed by atoms with E-state index in [-0.39, 0.29) is 24.2 Å². The summed E-state index contributed by atoms with van der Waals surface area (Å²) in [6, 6.07) is 7.00. The molecular formula is C25H32N6O5S. The van der Waals surface area contributed by atoms with E-state index in [0.717, 1.165) is 33.9 Å². The number of fused-ring (bicyclic) bond motifs is 1. The van der Waals surface area contributed by atoms with Crippen LogP contribution in [0.3, 0.4) is 0 Å². The van der Waals surface area contributed by atoms with E-state index in [1.807, 2.05) is 31.1 Å². The van der Waals surface area contributed by atoms with E-state index in [1.165, 1.54) is 11.3 Å². The first-order chi connectivity index (χ1) is 17.9. The molecule has 4 rings (SSSR count). The predicted molar refractivity (Wildman–Crippen MR) is 139 cm³/mol. The minimum atomic E-state index is -0.744. The first kappa shape index (κ1) is 27.0. The highest BCUT2D eigenvalue weighted by atomic mass is 32.1. The highest BCUT2D eigenvalue weighted by Crippen LogP contribution is 2.29. The van der Waals surface area contributed by atoms with Crippen molar-refractivity contribution in [2.75, 3.05) is 47.4 Å². The molecule has 2 aromatic heterocycles. The molecule has 2 N–H and O–H groups in total. The lowest BCUT2D eigenvalue weighted by Crippen LogP contribution is -2.49. The highest BCUT2D eigenvalue weighted by molar-refractivity contribution is 7.15. The molecule has 1 aliphatic heterocycles. The van der Waals surface area contributed by atoms with Crippen LogP contribution in [0.15, 0.2) is 33.6 Å². The largest absolute Gasteiger partial charge is 0.419 e. The molecule has 11 nitrogen and oxygen atoms in total. The quantitative estimate of drug-likeness (QED) is 0.420. The standard InChI is InChI=1S/C25H32N6O5S/c1-30(2)8-9-31-19-10-16(4-5-20(19)36-25(31)33)22-14-28-23(37-22)11-17(12-26)29-24(32)21-13-27-7-6-18(34-3)15-35-21/h4-5,10,14,17-18,21,27H,6-9,11,13,15H2,1-3H3,(H,29,32)/t17-,18+,21-/m0/s1. The number of nitriles is 1. The van der Waals surface area contributed by atoms with Crippen molar-refractivity contribution in [1.82, 2.24) is 25.1 Å². The normalized spacial score (nSPS) is 19.3. The third-order valence-electron chi connectivity index (χ3n) is 6.21. The number of oxazole rings is 1. The van der Waals surface area contributed by atoms with Crippen LogP contribution in [0.1, 0.15) is 11.4 Å². The van der Waals surface area contributed by atoms with Gasteiger partial charge in [0.15, 0.2) is 5.58 Å². The molecule has 0 unspecified atom stereocenters. The van der Waals surface area contributed by atoms with Gasteiger partial charge in [-0.1, -0.05) is 0 Å². The molecular weight excluding hydrogens is 496 g/mol. The number of hydrogen-bond acceptors (Lipinski definition) is 10. The zero-order valence-corrected chi connectivity index (χ0v) is 22.0. The molecule has 0 saturated carbocycles. The number of methoxy groups -OCH3 is 1. The van der Waals surface area contributed by atoms with Gasteiger partial charge in [0.25, 0.3) is 5.91 Å². The second kappa shape index (κ2) is 12.4. The average molecular weight is 529 g/mol. The maximum atomic E-state index is 12.8. The van der Waals surface area contributed by atoms with Crippen LogP contribution >= 0.6 is 11.3 Å². The van der Waals surface area contributed by atoms with Gasteiger partial charge >= 0.3 is 5.76 Å². The number of aromatic nitrogens is 2. The zero-order chi connectivity index (χ0) is 26.4. The van der Waals surface area contributed by atoms with Crippen molar-refractivity contribution in [1.29, 1.82) is 5.26 Å². The number of amides is 1. The van der Waals surface area contributed by atoms with Crippen LogP contribution in [-0.4, -0.2) is 86.1 Å². The monoisotopic (exact) mass is 528 g/mol. The van der Waals surface area contributed by atoms with Crippen molar-refractivity contribution in [2.45, 2.75) is 37.6 Å². The molecule has 12 heteroatoms. The molecule has 0 radical (unpaired) electrons. The summed E-state index contributed by atoms with van der Waals surface area (Å²) in [5.74, 6) is -0.721. The summed E-state index contributed by atoms with van der Waals surface area (Å²) in [7, 11) is 5.52. The summed E-state index contributed by atoms with van der Waals surface area (Å²) in [5.41, 5.74) is 2.16. The van der Waals surface area contributed by atoms with Gasteiger partial charge in [-0.2, -0.15) is 5.26 Å². The lowest BCUT2D eigenvalue weighted by atomic mass is 10.2. The molecule has 37 heavy (non-hydrogen) atoms. The predicted octanol–water partition coefficient (Wildman–Crippen LogP) is 1.22. The van der Waals surface area contributed by atoms with Crippen LogP contribution in [0.2, 0.25) is 0 Å². The van der Waals surface area contributed by atoms with Gasteiger partial charge in [0.05, 0.1) is 34.2 Å². The van der Waals surface area contributed by atoms with Crippen molar-refractivity contribution < 1.29 is 18.7 Å². The van der Waals surface area contributed by atoms with Gasteiger partial charge in [0.1, 0.15) is 12.1 Å². The van der Waals surface area contributed by atoms with Crippen LogP contribution in [0.25, 0.3) is 21.5 Å². The number of likely N-dealkylation sites (N-methyl/N-ethyl adjacent to an activating group) is 1. The van der Waals surface area contributed by atoms with Crippen molar-refractivity contribution in [3.8, 4) is 16.5 Å². The number of carbonyl (C=O) groups excluding carboxylic acids is 1. The van der Waals surface area contributed by atoms with Gasteiger partial charge in [-0.3, -0.25) is 9.36 Å². The van der Waals surface area contributed by atoms with Gasteiger partial charge in [-0.25, -0.2) is 9.78 Å². The van der Waals surface area contributed by atoms with Gasteiger partial charge in [0, 0.05) is 39.4 Å². The number of thiazole rings is 1. The van der Waals surface area contributed by atoms with Crippen LogP contribution in [0.4, 0.5) is 0 Å². The van der Waals surface area contributed by atoms with Gasteiger partial charge in [-0.05, 0) is 50.8 Å². The number of hydrogen-bond donors (Lipinski definition) is 2. The summed E-state index contributed by atoms with van der Waals surface area (Å²) in [5, 5.41) is 16.4. The van der Waals surface area contributed by atoms with Crippen molar-refractivity contribution in [3.05, 3.63) is 40.0 Å². The Balaban J connectivity index is 1.43. The lowest BCUT2D eigenvalue weighted by molar-refractivity contribution is -0.136. The molecule has 1 saturated heterocycles. The zero-order valence-electron chi connectivity index (χ0n) is 21.2. The third-order valence-corrected chi connectivity index (χ3v) is 7.28. The molecule has 1 aromatic carbocycles. The van der Waals surface area contributed by atoms with Crippen LogP contribution in [-0.2, 0) is 27.2 Å². The Labute approximate surface area is 219 Å². The number of carbonyl (C=O) groups is 1. The van der Waals surface area contributed by atoms with Crippen molar-refractivity contribution >= 4 is 28.3 Å². The fourth-order valence-corrected chi connectivity index (χ4v) is 5.01. The lowest BCUT2D eigenvalue weighted by Gasteiger charge is -2.25. The molecule has 0 bridgehead atoms. The summed E-state index contributed by atoms with van der Waals surface area (Å²) >= 11 is 1.44. The molecule has 1 aliphatic rings. The first-order valence-electron chi connectivity index (χ1n) is 12.2. The van der Waals surface area contributed by atoms with E-state index >= 15 is 0 Å². The second-order valence-electron chi connectivity index (χ2n) is 9.19. The Morgan fingerprint density at radius 1 is 1.46 bits per heavy atom. The van der Waals surface area contributed by atoms with E-state index < -0.39 is 12.1 Å². The van der Waals surface area contributed by atoms with Crippen molar-refractivity contribution in [2.24, 2.45) is 0 Å². The molecule has 3 heterocycles.